The lowest BCUT2D eigenvalue weighted by Gasteiger charge is -2.23. The van der Waals surface area contributed by atoms with Gasteiger partial charge in [-0.3, -0.25) is 14.4 Å². The number of nitrogens with zero attached hydrogens (tertiary/aromatic N) is 1. The molecule has 0 aromatic heterocycles. The summed E-state index contributed by atoms with van der Waals surface area (Å²) < 4.78 is 11.3. The van der Waals surface area contributed by atoms with Gasteiger partial charge in [-0.25, -0.2) is 0 Å². The van der Waals surface area contributed by atoms with Crippen LogP contribution in [-0.4, -0.2) is 66.7 Å². The Morgan fingerprint density at radius 3 is 1.82 bits per heavy atom. The van der Waals surface area contributed by atoms with Crippen LogP contribution in [0, 0.1) is 0 Å². The Hall–Kier alpha value is -1.54. The SMILES string of the molecule is CCCCCC/C=C\COC(=O)CN(CC(=O)OC(CCCCCCCC)CCCCCCCC)C(=O)SCCCNCC. The number of carbonyl (C=O) groups excluding carboxylic acids is 3. The maximum Gasteiger partial charge on any atom is 0.326 e. The number of ether oxygens (including phenoxy) is 2. The van der Waals surface area contributed by atoms with E-state index < -0.39 is 11.9 Å². The van der Waals surface area contributed by atoms with Crippen molar-refractivity contribution in [1.82, 2.24) is 10.2 Å². The second-order valence-corrected chi connectivity index (χ2v) is 13.0. The maximum absolute atomic E-state index is 13.1. The summed E-state index contributed by atoms with van der Waals surface area (Å²) in [6.07, 6.45) is 26.4. The number of unbranched alkanes of at least 4 members (excludes halogenated alkanes) is 14. The third-order valence-electron chi connectivity index (χ3n) is 7.66. The summed E-state index contributed by atoms with van der Waals surface area (Å²) in [6, 6.07) is 0. The third kappa shape index (κ3) is 28.0. The predicted octanol–water partition coefficient (Wildman–Crippen LogP) is 9.62. The van der Waals surface area contributed by atoms with Crippen LogP contribution >= 0.6 is 11.8 Å². The number of nitrogens with one attached hydrogen (secondary N) is 1. The fourth-order valence-electron chi connectivity index (χ4n) is 4.97. The molecule has 1 N–H and O–H groups in total. The van der Waals surface area contributed by atoms with Gasteiger partial charge >= 0.3 is 11.9 Å². The van der Waals surface area contributed by atoms with Crippen molar-refractivity contribution in [1.29, 1.82) is 0 Å². The van der Waals surface area contributed by atoms with Gasteiger partial charge in [0.05, 0.1) is 0 Å². The molecule has 8 heteroatoms. The van der Waals surface area contributed by atoms with E-state index in [1.165, 1.54) is 75.5 Å². The maximum atomic E-state index is 13.1. The first-order valence-corrected chi connectivity index (χ1v) is 19.1. The molecule has 0 saturated heterocycles. The molecule has 1 amide bonds. The van der Waals surface area contributed by atoms with E-state index in [4.69, 9.17) is 9.47 Å². The molecule has 44 heavy (non-hydrogen) atoms. The predicted molar refractivity (Wildman–Crippen MR) is 187 cm³/mol. The van der Waals surface area contributed by atoms with Gasteiger partial charge in [0.2, 0.25) is 0 Å². The van der Waals surface area contributed by atoms with Crippen LogP contribution in [0.3, 0.4) is 0 Å². The van der Waals surface area contributed by atoms with Crippen molar-refractivity contribution >= 4 is 28.9 Å². The highest BCUT2D eigenvalue weighted by molar-refractivity contribution is 8.13. The molecule has 0 rings (SSSR count). The number of thioether (sulfide) groups is 1. The number of hydrogen-bond donors (Lipinski definition) is 1. The normalized spacial score (nSPS) is 11.4. The van der Waals surface area contributed by atoms with Crippen molar-refractivity contribution < 1.29 is 23.9 Å². The van der Waals surface area contributed by atoms with Gasteiger partial charge in [0.15, 0.2) is 0 Å². The molecule has 0 fully saturated rings. The van der Waals surface area contributed by atoms with Crippen LogP contribution in [0.15, 0.2) is 12.2 Å². The van der Waals surface area contributed by atoms with Gasteiger partial charge in [-0.1, -0.05) is 135 Å². The minimum Gasteiger partial charge on any atom is -0.461 e. The highest BCUT2D eigenvalue weighted by atomic mass is 32.2. The standard InChI is InChI=1S/C36H68N2O5S/c1-5-9-12-15-18-21-24-29-42-34(39)31-38(36(41)44-30-25-28-37-8-4)32-35(40)43-33(26-22-19-16-13-10-6-2)27-23-20-17-14-11-7-3/h21,24,33,37H,5-20,22-23,25-32H2,1-4H3/b24-21-. The van der Waals surface area contributed by atoms with Gasteiger partial charge in [0, 0.05) is 5.75 Å². The fourth-order valence-corrected chi connectivity index (χ4v) is 5.75. The first-order chi connectivity index (χ1) is 21.5. The molecule has 258 valence electrons. The summed E-state index contributed by atoms with van der Waals surface area (Å²) in [6.45, 7) is 10.1. The lowest BCUT2D eigenvalue weighted by molar-refractivity contribution is -0.151. The average Bonchev–Trinajstić information content (AvgIpc) is 3.01. The lowest BCUT2D eigenvalue weighted by atomic mass is 10.0. The molecule has 0 spiro atoms. The van der Waals surface area contributed by atoms with Crippen molar-refractivity contribution in [3.05, 3.63) is 12.2 Å². The number of carbonyl (C=O) groups is 3. The van der Waals surface area contributed by atoms with Crippen LogP contribution in [0.2, 0.25) is 0 Å². The molecule has 0 aliphatic carbocycles. The van der Waals surface area contributed by atoms with Gasteiger partial charge in [-0.05, 0) is 58.0 Å². The molecule has 0 heterocycles. The Labute approximate surface area is 275 Å². The van der Waals surface area contributed by atoms with E-state index in [1.54, 1.807) is 0 Å². The Bertz CT molecular complexity index is 703. The molecule has 0 bridgehead atoms. The first-order valence-electron chi connectivity index (χ1n) is 18.1. The Balaban J connectivity index is 5.03. The number of esters is 2. The first kappa shape index (κ1) is 42.5. The monoisotopic (exact) mass is 640 g/mol. The van der Waals surface area contributed by atoms with Gasteiger partial charge < -0.3 is 19.7 Å². The van der Waals surface area contributed by atoms with Crippen molar-refractivity contribution in [2.24, 2.45) is 0 Å². The molecular weight excluding hydrogens is 572 g/mol. The molecule has 0 saturated carbocycles. The summed E-state index contributed by atoms with van der Waals surface area (Å²) in [5.74, 6) is -0.328. The molecule has 0 unspecified atom stereocenters. The van der Waals surface area contributed by atoms with E-state index in [-0.39, 0.29) is 31.0 Å². The molecular formula is C36H68N2O5S. The van der Waals surface area contributed by atoms with E-state index in [2.05, 4.69) is 26.1 Å². The molecule has 0 radical (unpaired) electrons. The van der Waals surface area contributed by atoms with Crippen molar-refractivity contribution in [3.63, 3.8) is 0 Å². The topological polar surface area (TPSA) is 84.9 Å². The van der Waals surface area contributed by atoms with Crippen LogP contribution in [-0.2, 0) is 19.1 Å². The van der Waals surface area contributed by atoms with Crippen LogP contribution in [0.25, 0.3) is 0 Å². The summed E-state index contributed by atoms with van der Waals surface area (Å²) in [7, 11) is 0. The summed E-state index contributed by atoms with van der Waals surface area (Å²) in [4.78, 5) is 40.1. The van der Waals surface area contributed by atoms with Crippen molar-refractivity contribution in [3.8, 4) is 0 Å². The smallest absolute Gasteiger partial charge is 0.326 e. The van der Waals surface area contributed by atoms with Crippen LogP contribution in [0.1, 0.15) is 156 Å². The number of hydrogen-bond acceptors (Lipinski definition) is 7. The second kappa shape index (κ2) is 32.8. The van der Waals surface area contributed by atoms with Crippen LogP contribution < -0.4 is 5.32 Å². The van der Waals surface area contributed by atoms with Crippen LogP contribution in [0.4, 0.5) is 4.79 Å². The third-order valence-corrected chi connectivity index (χ3v) is 8.66. The zero-order chi connectivity index (χ0) is 32.5. The molecule has 0 aliphatic rings. The lowest BCUT2D eigenvalue weighted by Crippen LogP contribution is -2.39. The molecule has 0 atom stereocenters. The Morgan fingerprint density at radius 1 is 0.682 bits per heavy atom. The highest BCUT2D eigenvalue weighted by Gasteiger charge is 2.24. The molecule has 7 nitrogen and oxygen atoms in total. The largest absolute Gasteiger partial charge is 0.461 e. The highest BCUT2D eigenvalue weighted by Crippen LogP contribution is 2.18. The Morgan fingerprint density at radius 2 is 1.23 bits per heavy atom. The zero-order valence-corrected chi connectivity index (χ0v) is 29.8. The fraction of sp³-hybridized carbons (Fsp3) is 0.861. The van der Waals surface area contributed by atoms with E-state index in [1.807, 2.05) is 19.1 Å². The van der Waals surface area contributed by atoms with E-state index in [0.717, 1.165) is 82.6 Å². The number of amides is 1. The van der Waals surface area contributed by atoms with Crippen molar-refractivity contribution in [2.75, 3.05) is 38.5 Å². The molecule has 0 aromatic carbocycles. The number of allylic oxidation sites excluding steroid dienone is 1. The summed E-state index contributed by atoms with van der Waals surface area (Å²) in [5.41, 5.74) is 0. The summed E-state index contributed by atoms with van der Waals surface area (Å²) >= 11 is 1.14. The van der Waals surface area contributed by atoms with Gasteiger partial charge in [-0.2, -0.15) is 0 Å². The second-order valence-electron chi connectivity index (χ2n) is 11.9. The molecule has 0 aromatic rings. The minimum absolute atomic E-state index is 0.140. The van der Waals surface area contributed by atoms with E-state index in [9.17, 15) is 14.4 Å². The average molecular weight is 641 g/mol. The quantitative estimate of drug-likeness (QED) is 0.0459. The zero-order valence-electron chi connectivity index (χ0n) is 29.0. The van der Waals surface area contributed by atoms with Crippen LogP contribution in [0.5, 0.6) is 0 Å². The minimum atomic E-state index is -0.509. The molecule has 0 aliphatic heterocycles. The number of rotatable bonds is 31. The summed E-state index contributed by atoms with van der Waals surface area (Å²) in [5, 5.41) is 2.97. The Kier molecular flexibility index (Phi) is 31.7. The van der Waals surface area contributed by atoms with Crippen molar-refractivity contribution in [2.45, 2.75) is 162 Å². The van der Waals surface area contributed by atoms with Gasteiger partial charge in [0.1, 0.15) is 25.8 Å². The van der Waals surface area contributed by atoms with E-state index in [0.29, 0.717) is 5.75 Å². The van der Waals surface area contributed by atoms with E-state index >= 15 is 0 Å². The van der Waals surface area contributed by atoms with Gasteiger partial charge in [-0.15, -0.1) is 0 Å². The van der Waals surface area contributed by atoms with Gasteiger partial charge in [0.25, 0.3) is 5.24 Å².